The second kappa shape index (κ2) is 9.89. The molecule has 7 nitrogen and oxygen atoms in total. The molecule has 1 fully saturated rings. The van der Waals surface area contributed by atoms with Crippen molar-refractivity contribution in [2.75, 3.05) is 18.4 Å². The van der Waals surface area contributed by atoms with Gasteiger partial charge < -0.3 is 15.6 Å². The van der Waals surface area contributed by atoms with Crippen molar-refractivity contribution in [3.63, 3.8) is 0 Å². The van der Waals surface area contributed by atoms with Gasteiger partial charge in [-0.15, -0.1) is 11.3 Å². The van der Waals surface area contributed by atoms with E-state index in [1.807, 2.05) is 53.4 Å². The number of likely N-dealkylation sites (tertiary alicyclic amines) is 1. The van der Waals surface area contributed by atoms with Gasteiger partial charge in [0, 0.05) is 53.2 Å². The van der Waals surface area contributed by atoms with Crippen molar-refractivity contribution in [2.45, 2.75) is 32.4 Å². The highest BCUT2D eigenvalue weighted by atomic mass is 32.1. The van der Waals surface area contributed by atoms with Gasteiger partial charge in [0.05, 0.1) is 23.2 Å². The number of aryl methyl sites for hydroxylation is 1. The lowest BCUT2D eigenvalue weighted by Gasteiger charge is -2.30. The summed E-state index contributed by atoms with van der Waals surface area (Å²) < 4.78 is 1.99. The zero-order chi connectivity index (χ0) is 23.5. The van der Waals surface area contributed by atoms with Crippen LogP contribution in [0.4, 0.5) is 5.69 Å². The number of amides is 1. The van der Waals surface area contributed by atoms with E-state index in [0.717, 1.165) is 66.4 Å². The van der Waals surface area contributed by atoms with E-state index in [2.05, 4.69) is 32.3 Å². The molecule has 5 rings (SSSR count). The number of carbonyl (C=O) groups is 1. The standard InChI is InChI=1S/C26H28N6OS/c1-18-12-32(16-28-18)24-9-19(13-31-7-3-6-22(27)14-31)8-23(11-24)30-26(33)21-5-2-4-20(10-21)25-15-34-17-29-25/h2,4-5,8-12,15-17,22H,3,6-7,13-14,27H2,1H3,(H,30,33). The number of nitrogens with one attached hydrogen (secondary N) is 1. The quantitative estimate of drug-likeness (QED) is 0.432. The zero-order valence-electron chi connectivity index (χ0n) is 19.1. The average molecular weight is 473 g/mol. The molecule has 2 aromatic heterocycles. The minimum Gasteiger partial charge on any atom is -0.327 e. The van der Waals surface area contributed by atoms with Gasteiger partial charge in [-0.25, -0.2) is 9.97 Å². The first kappa shape index (κ1) is 22.5. The number of carbonyl (C=O) groups excluding carboxylic acids is 1. The molecule has 0 radical (unpaired) electrons. The third-order valence-corrected chi connectivity index (χ3v) is 6.63. The molecule has 0 aliphatic carbocycles. The molecule has 1 amide bonds. The number of piperidine rings is 1. The number of hydrogen-bond acceptors (Lipinski definition) is 6. The smallest absolute Gasteiger partial charge is 0.255 e. The lowest BCUT2D eigenvalue weighted by Crippen LogP contribution is -2.42. The molecule has 1 atom stereocenters. The number of hydrogen-bond donors (Lipinski definition) is 2. The summed E-state index contributed by atoms with van der Waals surface area (Å²) in [6.45, 7) is 4.68. The monoisotopic (exact) mass is 472 g/mol. The summed E-state index contributed by atoms with van der Waals surface area (Å²) in [5.41, 5.74) is 14.2. The third kappa shape index (κ3) is 5.25. The maximum absolute atomic E-state index is 13.2. The summed E-state index contributed by atoms with van der Waals surface area (Å²) in [7, 11) is 0. The second-order valence-electron chi connectivity index (χ2n) is 8.86. The largest absolute Gasteiger partial charge is 0.327 e. The number of rotatable bonds is 6. The van der Waals surface area contributed by atoms with Crippen molar-refractivity contribution in [3.8, 4) is 16.9 Å². The van der Waals surface area contributed by atoms with Crippen molar-refractivity contribution >= 4 is 22.9 Å². The zero-order valence-corrected chi connectivity index (χ0v) is 20.0. The van der Waals surface area contributed by atoms with Crippen LogP contribution < -0.4 is 11.1 Å². The number of nitrogens with zero attached hydrogens (tertiary/aromatic N) is 4. The molecule has 1 unspecified atom stereocenters. The minimum atomic E-state index is -0.151. The average Bonchev–Trinajstić information content (AvgIpc) is 3.51. The molecular weight excluding hydrogens is 444 g/mol. The van der Waals surface area contributed by atoms with Crippen LogP contribution in [0.2, 0.25) is 0 Å². The fraction of sp³-hybridized carbons (Fsp3) is 0.269. The van der Waals surface area contributed by atoms with E-state index in [-0.39, 0.29) is 11.9 Å². The van der Waals surface area contributed by atoms with Crippen molar-refractivity contribution < 1.29 is 4.79 Å². The Balaban J connectivity index is 1.42. The summed E-state index contributed by atoms with van der Waals surface area (Å²) in [6.07, 6.45) is 5.97. The van der Waals surface area contributed by atoms with Crippen LogP contribution in [0, 0.1) is 6.92 Å². The number of nitrogens with two attached hydrogens (primary N) is 1. The van der Waals surface area contributed by atoms with Gasteiger partial charge in [-0.2, -0.15) is 0 Å². The van der Waals surface area contributed by atoms with Crippen LogP contribution >= 0.6 is 11.3 Å². The lowest BCUT2D eigenvalue weighted by molar-refractivity contribution is 0.102. The Labute approximate surface area is 203 Å². The molecule has 0 saturated carbocycles. The Morgan fingerprint density at radius 3 is 2.91 bits per heavy atom. The Kier molecular flexibility index (Phi) is 6.53. The number of imidazole rings is 1. The van der Waals surface area contributed by atoms with Crippen molar-refractivity contribution in [1.82, 2.24) is 19.4 Å². The first-order chi connectivity index (χ1) is 16.5. The van der Waals surface area contributed by atoms with Gasteiger partial charge in [-0.3, -0.25) is 9.69 Å². The summed E-state index contributed by atoms with van der Waals surface area (Å²) in [5.74, 6) is -0.151. The Morgan fingerprint density at radius 2 is 2.15 bits per heavy atom. The van der Waals surface area contributed by atoms with Crippen LogP contribution in [0.1, 0.15) is 34.5 Å². The van der Waals surface area contributed by atoms with Gasteiger partial charge in [0.15, 0.2) is 0 Å². The van der Waals surface area contributed by atoms with Crippen molar-refractivity contribution in [2.24, 2.45) is 5.73 Å². The third-order valence-electron chi connectivity index (χ3n) is 6.05. The molecule has 4 aromatic rings. The van der Waals surface area contributed by atoms with Crippen molar-refractivity contribution in [1.29, 1.82) is 0 Å². The Morgan fingerprint density at radius 1 is 1.24 bits per heavy atom. The molecule has 1 saturated heterocycles. The van der Waals surface area contributed by atoms with E-state index >= 15 is 0 Å². The Bertz CT molecular complexity index is 1280. The lowest BCUT2D eigenvalue weighted by atomic mass is 10.0. The van der Waals surface area contributed by atoms with Gasteiger partial charge in [0.2, 0.25) is 0 Å². The van der Waals surface area contributed by atoms with Gasteiger partial charge in [-0.05, 0) is 62.2 Å². The second-order valence-corrected chi connectivity index (χ2v) is 9.58. The van der Waals surface area contributed by atoms with Gasteiger partial charge in [-0.1, -0.05) is 12.1 Å². The number of anilines is 1. The number of aromatic nitrogens is 3. The number of benzene rings is 2. The highest BCUT2D eigenvalue weighted by Crippen LogP contribution is 2.24. The normalized spacial score (nSPS) is 16.5. The Hall–Kier alpha value is -3.33. The van der Waals surface area contributed by atoms with Gasteiger partial charge >= 0.3 is 0 Å². The van der Waals surface area contributed by atoms with E-state index in [0.29, 0.717) is 5.56 Å². The van der Waals surface area contributed by atoms with Gasteiger partial charge in [0.25, 0.3) is 5.91 Å². The number of thiazole rings is 1. The fourth-order valence-electron chi connectivity index (χ4n) is 4.42. The topological polar surface area (TPSA) is 89.1 Å². The maximum atomic E-state index is 13.2. The highest BCUT2D eigenvalue weighted by Gasteiger charge is 2.18. The van der Waals surface area contributed by atoms with E-state index in [9.17, 15) is 4.79 Å². The SMILES string of the molecule is Cc1cn(-c2cc(CN3CCCC(N)C3)cc(NC(=O)c3cccc(-c4cscn4)c3)c2)cn1. The van der Waals surface area contributed by atoms with E-state index in [1.165, 1.54) is 11.3 Å². The van der Waals surface area contributed by atoms with Crippen LogP contribution in [0.15, 0.2) is 65.9 Å². The van der Waals surface area contributed by atoms with Crippen LogP contribution in [-0.2, 0) is 6.54 Å². The van der Waals surface area contributed by atoms with Crippen LogP contribution in [0.3, 0.4) is 0 Å². The first-order valence-corrected chi connectivity index (χ1v) is 12.4. The van der Waals surface area contributed by atoms with E-state index in [1.54, 1.807) is 11.8 Å². The van der Waals surface area contributed by atoms with E-state index < -0.39 is 0 Å². The fourth-order valence-corrected chi connectivity index (χ4v) is 4.98. The van der Waals surface area contributed by atoms with Gasteiger partial charge in [0.1, 0.15) is 0 Å². The highest BCUT2D eigenvalue weighted by molar-refractivity contribution is 7.07. The molecule has 0 bridgehead atoms. The summed E-state index contributed by atoms with van der Waals surface area (Å²) >= 11 is 1.54. The molecule has 3 N–H and O–H groups in total. The molecule has 2 aromatic carbocycles. The maximum Gasteiger partial charge on any atom is 0.255 e. The van der Waals surface area contributed by atoms with Crippen LogP contribution in [-0.4, -0.2) is 44.5 Å². The molecule has 3 heterocycles. The molecule has 174 valence electrons. The molecule has 1 aliphatic heterocycles. The van der Waals surface area contributed by atoms with Crippen molar-refractivity contribution in [3.05, 3.63) is 82.7 Å². The first-order valence-electron chi connectivity index (χ1n) is 11.5. The molecule has 1 aliphatic rings. The van der Waals surface area contributed by atoms with E-state index in [4.69, 9.17) is 5.73 Å². The predicted molar refractivity (Wildman–Crippen MR) is 136 cm³/mol. The molecular formula is C26H28N6OS. The van der Waals surface area contributed by atoms with Crippen LogP contribution in [0.25, 0.3) is 16.9 Å². The summed E-state index contributed by atoms with van der Waals surface area (Å²) in [5, 5.41) is 5.08. The van der Waals surface area contributed by atoms with Crippen LogP contribution in [0.5, 0.6) is 0 Å². The molecule has 8 heteroatoms. The molecule has 34 heavy (non-hydrogen) atoms. The predicted octanol–water partition coefficient (Wildman–Crippen LogP) is 4.48. The summed E-state index contributed by atoms with van der Waals surface area (Å²) in [6, 6.07) is 14.0. The summed E-state index contributed by atoms with van der Waals surface area (Å²) in [4.78, 5) is 24.3. The minimum absolute atomic E-state index is 0.151. The molecule has 0 spiro atoms.